The minimum absolute atomic E-state index is 0.0604. The van der Waals surface area contributed by atoms with Crippen LogP contribution in [0.5, 0.6) is 0 Å². The number of halogens is 2. The summed E-state index contributed by atoms with van der Waals surface area (Å²) in [6.45, 7) is 0. The summed E-state index contributed by atoms with van der Waals surface area (Å²) in [5, 5.41) is 9.11. The number of nitrogens with two attached hydrogens (primary N) is 1. The fourth-order valence-electron chi connectivity index (χ4n) is 3.26. The largest absolute Gasteiger partial charge is 0.480 e. The second-order valence-corrected chi connectivity index (χ2v) is 5.94. The average Bonchev–Trinajstić information content (AvgIpc) is 2.88. The molecule has 1 aromatic carbocycles. The summed E-state index contributed by atoms with van der Waals surface area (Å²) in [7, 11) is 0. The topological polar surface area (TPSA) is 83.6 Å². The number of amides is 1. The second kappa shape index (κ2) is 5.28. The van der Waals surface area contributed by atoms with E-state index in [0.29, 0.717) is 24.8 Å². The van der Waals surface area contributed by atoms with Crippen molar-refractivity contribution in [2.24, 2.45) is 0 Å². The SMILES string of the molecule is Nc1ccc(Cl)c(F)c1C1=CC(=O)N2C(CCC2C(=O)O)C1. The van der Waals surface area contributed by atoms with Gasteiger partial charge < -0.3 is 15.7 Å². The summed E-state index contributed by atoms with van der Waals surface area (Å²) in [5.74, 6) is -2.09. The molecule has 0 aromatic heterocycles. The van der Waals surface area contributed by atoms with Crippen molar-refractivity contribution in [3.8, 4) is 0 Å². The third-order valence-corrected chi connectivity index (χ3v) is 4.54. The molecule has 2 atom stereocenters. The Morgan fingerprint density at radius 3 is 2.82 bits per heavy atom. The first-order valence-corrected chi connectivity index (χ1v) is 7.27. The molecule has 1 saturated heterocycles. The van der Waals surface area contributed by atoms with Crippen LogP contribution >= 0.6 is 11.6 Å². The molecule has 22 heavy (non-hydrogen) atoms. The van der Waals surface area contributed by atoms with Crippen molar-refractivity contribution in [1.82, 2.24) is 4.90 Å². The fraction of sp³-hybridized carbons (Fsp3) is 0.333. The molecule has 2 unspecified atom stereocenters. The van der Waals surface area contributed by atoms with E-state index in [2.05, 4.69) is 0 Å². The number of carboxylic acids is 1. The number of carbonyl (C=O) groups is 2. The van der Waals surface area contributed by atoms with Crippen molar-refractivity contribution in [2.45, 2.75) is 31.3 Å². The van der Waals surface area contributed by atoms with Gasteiger partial charge in [0.05, 0.1) is 5.02 Å². The van der Waals surface area contributed by atoms with E-state index in [-0.39, 0.29) is 22.3 Å². The maximum Gasteiger partial charge on any atom is 0.326 e. The van der Waals surface area contributed by atoms with Crippen LogP contribution in [0.2, 0.25) is 5.02 Å². The molecule has 7 heteroatoms. The Morgan fingerprint density at radius 1 is 1.41 bits per heavy atom. The number of nitrogen functional groups attached to an aromatic ring is 1. The zero-order chi connectivity index (χ0) is 16.0. The van der Waals surface area contributed by atoms with Gasteiger partial charge >= 0.3 is 5.97 Å². The van der Waals surface area contributed by atoms with Crippen LogP contribution < -0.4 is 5.73 Å². The molecule has 116 valence electrons. The summed E-state index contributed by atoms with van der Waals surface area (Å²) in [6, 6.07) is 1.80. The third kappa shape index (κ3) is 2.23. The van der Waals surface area contributed by atoms with Gasteiger partial charge in [-0.15, -0.1) is 0 Å². The first kappa shape index (κ1) is 14.8. The molecule has 0 spiro atoms. The van der Waals surface area contributed by atoms with E-state index >= 15 is 0 Å². The van der Waals surface area contributed by atoms with E-state index in [1.54, 1.807) is 0 Å². The van der Waals surface area contributed by atoms with Gasteiger partial charge in [-0.05, 0) is 37.0 Å². The highest BCUT2D eigenvalue weighted by atomic mass is 35.5. The molecule has 3 rings (SSSR count). The maximum atomic E-state index is 14.3. The van der Waals surface area contributed by atoms with Crippen LogP contribution in [0.15, 0.2) is 18.2 Å². The van der Waals surface area contributed by atoms with Crippen molar-refractivity contribution in [3.05, 3.63) is 34.6 Å². The number of carbonyl (C=O) groups excluding carboxylic acids is 1. The van der Waals surface area contributed by atoms with Crippen LogP contribution in [0, 0.1) is 5.82 Å². The molecule has 0 radical (unpaired) electrons. The average molecular weight is 325 g/mol. The smallest absolute Gasteiger partial charge is 0.326 e. The van der Waals surface area contributed by atoms with Crippen LogP contribution in [0.1, 0.15) is 24.8 Å². The second-order valence-electron chi connectivity index (χ2n) is 5.53. The van der Waals surface area contributed by atoms with Gasteiger partial charge in [0.1, 0.15) is 6.04 Å². The minimum Gasteiger partial charge on any atom is -0.480 e. The molecule has 2 aliphatic rings. The Kier molecular flexibility index (Phi) is 3.56. The first-order valence-electron chi connectivity index (χ1n) is 6.89. The number of hydrogen-bond donors (Lipinski definition) is 2. The molecule has 3 N–H and O–H groups in total. The summed E-state index contributed by atoms with van der Waals surface area (Å²) in [4.78, 5) is 24.8. The lowest BCUT2D eigenvalue weighted by molar-refractivity contribution is -0.147. The predicted octanol–water partition coefficient (Wildman–Crippen LogP) is 2.29. The van der Waals surface area contributed by atoms with Crippen LogP contribution in [0.3, 0.4) is 0 Å². The quantitative estimate of drug-likeness (QED) is 0.818. The molecular formula is C15H14ClFN2O3. The third-order valence-electron chi connectivity index (χ3n) is 4.24. The van der Waals surface area contributed by atoms with Gasteiger partial charge in [-0.2, -0.15) is 0 Å². The highest BCUT2D eigenvalue weighted by molar-refractivity contribution is 6.31. The Labute approximate surface area is 131 Å². The van der Waals surface area contributed by atoms with Crippen molar-refractivity contribution >= 4 is 34.7 Å². The molecule has 1 aromatic rings. The van der Waals surface area contributed by atoms with Gasteiger partial charge in [-0.1, -0.05) is 11.6 Å². The molecule has 5 nitrogen and oxygen atoms in total. The standard InChI is InChI=1S/C15H14ClFN2O3/c16-9-2-3-10(18)13(14(9)17)7-5-8-1-4-11(15(21)22)19(8)12(20)6-7/h2-3,6,8,11H,1,4-5,18H2,(H,21,22). The van der Waals surface area contributed by atoms with E-state index < -0.39 is 23.7 Å². The Balaban J connectivity index is 2.01. The first-order chi connectivity index (χ1) is 10.4. The number of nitrogens with zero attached hydrogens (tertiary/aromatic N) is 1. The van der Waals surface area contributed by atoms with Crippen LogP contribution in [0.4, 0.5) is 10.1 Å². The summed E-state index contributed by atoms with van der Waals surface area (Å²) < 4.78 is 14.3. The van der Waals surface area contributed by atoms with Gasteiger partial charge in [-0.3, -0.25) is 4.79 Å². The van der Waals surface area contributed by atoms with E-state index in [0.717, 1.165) is 0 Å². The van der Waals surface area contributed by atoms with Crippen molar-refractivity contribution in [1.29, 1.82) is 0 Å². The number of carboxylic acid groups (broad SMARTS) is 1. The zero-order valence-corrected chi connectivity index (χ0v) is 12.3. The van der Waals surface area contributed by atoms with Crippen LogP contribution in [-0.2, 0) is 9.59 Å². The van der Waals surface area contributed by atoms with E-state index in [1.807, 2.05) is 0 Å². The minimum atomic E-state index is -1.01. The number of rotatable bonds is 2. The normalized spacial score (nSPS) is 24.2. The molecule has 2 heterocycles. The number of anilines is 1. The van der Waals surface area contributed by atoms with E-state index in [9.17, 15) is 14.0 Å². The molecule has 2 aliphatic heterocycles. The van der Waals surface area contributed by atoms with Crippen molar-refractivity contribution in [2.75, 3.05) is 5.73 Å². The zero-order valence-electron chi connectivity index (χ0n) is 11.6. The molecular weight excluding hydrogens is 311 g/mol. The Hall–Kier alpha value is -2.08. The Morgan fingerprint density at radius 2 is 2.14 bits per heavy atom. The molecule has 0 aliphatic carbocycles. The monoisotopic (exact) mass is 324 g/mol. The van der Waals surface area contributed by atoms with Gasteiger partial charge in [-0.25, -0.2) is 9.18 Å². The molecule has 0 saturated carbocycles. The van der Waals surface area contributed by atoms with Gasteiger partial charge in [0.15, 0.2) is 5.82 Å². The highest BCUT2D eigenvalue weighted by Crippen LogP contribution is 2.39. The van der Waals surface area contributed by atoms with Gasteiger partial charge in [0, 0.05) is 23.4 Å². The lowest BCUT2D eigenvalue weighted by Crippen LogP contribution is -2.46. The number of hydrogen-bond acceptors (Lipinski definition) is 3. The fourth-order valence-corrected chi connectivity index (χ4v) is 3.42. The number of fused-ring (bicyclic) bond motifs is 1. The van der Waals surface area contributed by atoms with Crippen LogP contribution in [0.25, 0.3) is 5.57 Å². The Bertz CT molecular complexity index is 704. The summed E-state index contributed by atoms with van der Waals surface area (Å²) >= 11 is 5.79. The summed E-state index contributed by atoms with van der Waals surface area (Å²) in [5.41, 5.74) is 6.64. The van der Waals surface area contributed by atoms with E-state index in [1.165, 1.54) is 23.1 Å². The summed E-state index contributed by atoms with van der Waals surface area (Å²) in [6.07, 6.45) is 2.61. The van der Waals surface area contributed by atoms with Crippen LogP contribution in [-0.4, -0.2) is 34.0 Å². The van der Waals surface area contributed by atoms with Crippen molar-refractivity contribution < 1.29 is 19.1 Å². The maximum absolute atomic E-state index is 14.3. The highest BCUT2D eigenvalue weighted by Gasteiger charge is 2.43. The molecule has 0 bridgehead atoms. The number of benzene rings is 1. The number of aliphatic carboxylic acids is 1. The lowest BCUT2D eigenvalue weighted by Gasteiger charge is -2.32. The van der Waals surface area contributed by atoms with Gasteiger partial charge in [0.2, 0.25) is 5.91 Å². The van der Waals surface area contributed by atoms with E-state index in [4.69, 9.17) is 22.4 Å². The van der Waals surface area contributed by atoms with Crippen molar-refractivity contribution in [3.63, 3.8) is 0 Å². The predicted molar refractivity (Wildman–Crippen MR) is 79.7 cm³/mol. The molecule has 1 amide bonds. The lowest BCUT2D eigenvalue weighted by atomic mass is 9.92. The van der Waals surface area contributed by atoms with Gasteiger partial charge in [0.25, 0.3) is 0 Å². The molecule has 1 fully saturated rings.